The van der Waals surface area contributed by atoms with Crippen molar-refractivity contribution in [3.05, 3.63) is 93.5 Å². The minimum Gasteiger partial charge on any atom is -0.493 e. The number of hydrogen-bond acceptors (Lipinski definition) is 5. The van der Waals surface area contributed by atoms with Gasteiger partial charge >= 0.3 is 5.97 Å². The lowest BCUT2D eigenvalue weighted by Gasteiger charge is -2.10. The number of carbonyl (C=O) groups excluding carboxylic acids is 2. The summed E-state index contributed by atoms with van der Waals surface area (Å²) in [5, 5.41) is 12.1. The minimum atomic E-state index is -0.538. The van der Waals surface area contributed by atoms with Crippen LogP contribution in [0.1, 0.15) is 21.5 Å². The van der Waals surface area contributed by atoms with Crippen LogP contribution in [0.15, 0.2) is 76.8 Å². The Morgan fingerprint density at radius 3 is 2.31 bits per heavy atom. The molecule has 0 aliphatic rings. The van der Waals surface area contributed by atoms with Crippen molar-refractivity contribution in [2.75, 3.05) is 12.4 Å². The van der Waals surface area contributed by atoms with Crippen LogP contribution < -0.4 is 14.8 Å². The highest BCUT2D eigenvalue weighted by molar-refractivity contribution is 9.10. The van der Waals surface area contributed by atoms with Gasteiger partial charge in [0.25, 0.3) is 5.91 Å². The maximum Gasteiger partial charge on any atom is 0.343 e. The van der Waals surface area contributed by atoms with E-state index in [1.807, 2.05) is 25.1 Å². The van der Waals surface area contributed by atoms with E-state index in [4.69, 9.17) is 9.47 Å². The molecule has 3 aromatic carbocycles. The third-order valence-electron chi connectivity index (χ3n) is 4.46. The van der Waals surface area contributed by atoms with Gasteiger partial charge in [0.2, 0.25) is 0 Å². The molecule has 0 fully saturated rings. The Labute approximate surface area is 194 Å². The second-order valence-corrected chi connectivity index (χ2v) is 7.71. The molecule has 0 spiro atoms. The summed E-state index contributed by atoms with van der Waals surface area (Å²) in [4.78, 5) is 24.9. The molecule has 3 rings (SSSR count). The number of amides is 1. The van der Waals surface area contributed by atoms with Crippen LogP contribution in [0.25, 0.3) is 6.08 Å². The second-order valence-electron chi connectivity index (χ2n) is 6.80. The summed E-state index contributed by atoms with van der Waals surface area (Å²) in [6, 6.07) is 20.7. The Hall–Kier alpha value is -3.89. The zero-order valence-electron chi connectivity index (χ0n) is 17.4. The Balaban J connectivity index is 1.78. The van der Waals surface area contributed by atoms with E-state index in [1.54, 1.807) is 54.6 Å². The molecule has 1 amide bonds. The van der Waals surface area contributed by atoms with E-state index < -0.39 is 11.9 Å². The first-order valence-electron chi connectivity index (χ1n) is 9.55. The normalized spacial score (nSPS) is 10.8. The molecule has 0 saturated carbocycles. The van der Waals surface area contributed by atoms with Crippen LogP contribution in [-0.2, 0) is 4.79 Å². The second kappa shape index (κ2) is 10.4. The number of methoxy groups -OCH3 is 1. The molecule has 0 atom stereocenters. The minimum absolute atomic E-state index is 0.0839. The average molecular weight is 491 g/mol. The molecular formula is C25H19BrN2O4. The number of aryl methyl sites for hydroxylation is 1. The molecule has 0 aromatic heterocycles. The maximum atomic E-state index is 12.5. The molecule has 7 heteroatoms. The van der Waals surface area contributed by atoms with E-state index in [-0.39, 0.29) is 11.3 Å². The molecule has 0 unspecified atom stereocenters. The topological polar surface area (TPSA) is 88.4 Å². The van der Waals surface area contributed by atoms with Crippen LogP contribution in [0.2, 0.25) is 0 Å². The first-order valence-corrected chi connectivity index (χ1v) is 10.3. The number of nitrogens with zero attached hydrogens (tertiary/aromatic N) is 1. The van der Waals surface area contributed by atoms with Crippen molar-refractivity contribution in [2.45, 2.75) is 6.92 Å². The smallest absolute Gasteiger partial charge is 0.343 e. The van der Waals surface area contributed by atoms with E-state index in [9.17, 15) is 14.9 Å². The van der Waals surface area contributed by atoms with Gasteiger partial charge in [-0.25, -0.2) is 4.79 Å². The highest BCUT2D eigenvalue weighted by Crippen LogP contribution is 2.30. The number of ether oxygens (including phenoxy) is 2. The van der Waals surface area contributed by atoms with E-state index in [0.717, 1.165) is 10.0 Å². The number of esters is 1. The van der Waals surface area contributed by atoms with Gasteiger partial charge in [-0.1, -0.05) is 39.7 Å². The molecule has 0 bridgehead atoms. The van der Waals surface area contributed by atoms with E-state index in [0.29, 0.717) is 22.6 Å². The molecule has 0 aliphatic heterocycles. The SMILES string of the molecule is COc1cc(/C=C(\C#N)C(=O)Nc2ccc(Br)cc2)ccc1OC(=O)c1ccc(C)cc1. The predicted molar refractivity (Wildman–Crippen MR) is 125 cm³/mol. The summed E-state index contributed by atoms with van der Waals surface area (Å²) in [5.74, 6) is -0.528. The maximum absolute atomic E-state index is 12.5. The third kappa shape index (κ3) is 5.84. The van der Waals surface area contributed by atoms with Crippen LogP contribution in [0, 0.1) is 18.3 Å². The third-order valence-corrected chi connectivity index (χ3v) is 4.98. The quantitative estimate of drug-likeness (QED) is 0.212. The molecule has 6 nitrogen and oxygen atoms in total. The van der Waals surface area contributed by atoms with Crippen LogP contribution in [0.4, 0.5) is 5.69 Å². The summed E-state index contributed by atoms with van der Waals surface area (Å²) in [5.41, 5.74) is 2.47. The van der Waals surface area contributed by atoms with Crippen LogP contribution in [0.5, 0.6) is 11.5 Å². The van der Waals surface area contributed by atoms with Crippen LogP contribution >= 0.6 is 15.9 Å². The Morgan fingerprint density at radius 1 is 1.00 bits per heavy atom. The first kappa shape index (κ1) is 22.8. The van der Waals surface area contributed by atoms with Gasteiger partial charge in [0.05, 0.1) is 12.7 Å². The van der Waals surface area contributed by atoms with Gasteiger partial charge in [-0.05, 0) is 67.1 Å². The monoisotopic (exact) mass is 490 g/mol. The zero-order chi connectivity index (χ0) is 23.1. The Bertz CT molecular complexity index is 1210. The fraction of sp³-hybridized carbons (Fsp3) is 0.0800. The van der Waals surface area contributed by atoms with Crippen molar-refractivity contribution < 1.29 is 19.1 Å². The highest BCUT2D eigenvalue weighted by Gasteiger charge is 2.14. The number of rotatable bonds is 6. The molecular weight excluding hydrogens is 472 g/mol. The summed E-state index contributed by atoms with van der Waals surface area (Å²) in [6.07, 6.45) is 1.43. The average Bonchev–Trinajstić information content (AvgIpc) is 2.80. The summed E-state index contributed by atoms with van der Waals surface area (Å²) in [7, 11) is 1.44. The summed E-state index contributed by atoms with van der Waals surface area (Å²) >= 11 is 3.33. The largest absolute Gasteiger partial charge is 0.493 e. The lowest BCUT2D eigenvalue weighted by Crippen LogP contribution is -2.13. The van der Waals surface area contributed by atoms with Gasteiger partial charge in [0.15, 0.2) is 11.5 Å². The number of halogens is 1. The van der Waals surface area contributed by atoms with Gasteiger partial charge < -0.3 is 14.8 Å². The molecule has 0 saturated heterocycles. The Kier molecular flexibility index (Phi) is 7.42. The lowest BCUT2D eigenvalue weighted by molar-refractivity contribution is -0.112. The fourth-order valence-corrected chi connectivity index (χ4v) is 3.02. The molecule has 0 radical (unpaired) electrons. The summed E-state index contributed by atoms with van der Waals surface area (Å²) < 4.78 is 11.7. The number of nitrogens with one attached hydrogen (secondary N) is 1. The molecule has 1 N–H and O–H groups in total. The van der Waals surface area contributed by atoms with Gasteiger partial charge in [-0.2, -0.15) is 5.26 Å². The summed E-state index contributed by atoms with van der Waals surface area (Å²) in [6.45, 7) is 1.93. The van der Waals surface area contributed by atoms with Crippen molar-refractivity contribution in [1.29, 1.82) is 5.26 Å². The molecule has 160 valence electrons. The van der Waals surface area contributed by atoms with E-state index in [2.05, 4.69) is 21.2 Å². The molecule has 0 aliphatic carbocycles. The molecule has 32 heavy (non-hydrogen) atoms. The fourth-order valence-electron chi connectivity index (χ4n) is 2.75. The van der Waals surface area contributed by atoms with E-state index in [1.165, 1.54) is 13.2 Å². The van der Waals surface area contributed by atoms with E-state index >= 15 is 0 Å². The molecule has 3 aromatic rings. The Morgan fingerprint density at radius 2 is 1.69 bits per heavy atom. The van der Waals surface area contributed by atoms with Crippen molar-refractivity contribution in [3.63, 3.8) is 0 Å². The van der Waals surface area contributed by atoms with Crippen molar-refractivity contribution in [3.8, 4) is 17.6 Å². The molecule has 0 heterocycles. The number of nitriles is 1. The van der Waals surface area contributed by atoms with Crippen molar-refractivity contribution >= 4 is 39.6 Å². The standard InChI is InChI=1S/C25H19BrN2O4/c1-16-3-6-18(7-4-16)25(30)32-22-12-5-17(14-23(22)31-2)13-19(15-27)24(29)28-21-10-8-20(26)9-11-21/h3-14H,1-2H3,(H,28,29)/b19-13+. The van der Waals surface area contributed by atoms with Crippen molar-refractivity contribution in [1.82, 2.24) is 0 Å². The van der Waals surface area contributed by atoms with Crippen LogP contribution in [-0.4, -0.2) is 19.0 Å². The van der Waals surface area contributed by atoms with Crippen molar-refractivity contribution in [2.24, 2.45) is 0 Å². The number of carbonyl (C=O) groups is 2. The zero-order valence-corrected chi connectivity index (χ0v) is 19.0. The predicted octanol–water partition coefficient (Wildman–Crippen LogP) is 5.53. The number of anilines is 1. The van der Waals surface area contributed by atoms with Crippen LogP contribution in [0.3, 0.4) is 0 Å². The first-order chi connectivity index (χ1) is 15.4. The lowest BCUT2D eigenvalue weighted by atomic mass is 10.1. The van der Waals surface area contributed by atoms with Gasteiger partial charge in [-0.3, -0.25) is 4.79 Å². The number of benzene rings is 3. The highest BCUT2D eigenvalue weighted by atomic mass is 79.9. The van der Waals surface area contributed by atoms with Gasteiger partial charge in [0, 0.05) is 10.2 Å². The number of hydrogen-bond donors (Lipinski definition) is 1. The van der Waals surface area contributed by atoms with Gasteiger partial charge in [0.1, 0.15) is 11.6 Å². The van der Waals surface area contributed by atoms with Gasteiger partial charge in [-0.15, -0.1) is 0 Å².